The lowest BCUT2D eigenvalue weighted by molar-refractivity contribution is -0.138. The van der Waals surface area contributed by atoms with Gasteiger partial charge in [0, 0.05) is 28.6 Å². The summed E-state index contributed by atoms with van der Waals surface area (Å²) in [4.78, 5) is 56.5. The molecule has 0 radical (unpaired) electrons. The first kappa shape index (κ1) is 30.0. The number of Topliss-reactive ketones (excluding diaryl/α,β-unsaturated/α-hetero) is 1. The van der Waals surface area contributed by atoms with Crippen molar-refractivity contribution in [3.05, 3.63) is 99.5 Å². The van der Waals surface area contributed by atoms with Crippen LogP contribution in [0.2, 0.25) is 0 Å². The number of hydrogen-bond donors (Lipinski definition) is 2. The molecule has 3 aromatic carbocycles. The average molecular weight is 621 g/mol. The van der Waals surface area contributed by atoms with Crippen LogP contribution in [0, 0.1) is 6.92 Å². The number of benzene rings is 3. The van der Waals surface area contributed by atoms with E-state index < -0.39 is 24.0 Å². The minimum atomic E-state index is -0.951. The molecule has 0 spiro atoms. The summed E-state index contributed by atoms with van der Waals surface area (Å²) in [5, 5.41) is 12.5. The van der Waals surface area contributed by atoms with Crippen LogP contribution in [0.5, 0.6) is 5.75 Å². The third-order valence-corrected chi connectivity index (χ3v) is 8.26. The van der Waals surface area contributed by atoms with Gasteiger partial charge in [0.05, 0.1) is 12.6 Å². The van der Waals surface area contributed by atoms with Gasteiger partial charge in [-0.2, -0.15) is 0 Å². The van der Waals surface area contributed by atoms with Gasteiger partial charge in [-0.05, 0) is 60.9 Å². The number of carbonyl (C=O) groups excluding carboxylic acids is 4. The molecule has 0 aliphatic carbocycles. The lowest BCUT2D eigenvalue weighted by Crippen LogP contribution is -2.53. The number of hydrogen-bond acceptors (Lipinski definition) is 5. The number of aryl methyl sites for hydroxylation is 1. The molecule has 2 N–H and O–H groups in total. The molecule has 41 heavy (non-hydrogen) atoms. The first-order valence-corrected chi connectivity index (χ1v) is 14.6. The van der Waals surface area contributed by atoms with Crippen molar-refractivity contribution in [2.45, 2.75) is 51.7 Å². The van der Waals surface area contributed by atoms with Crippen LogP contribution in [0.15, 0.2) is 77.3 Å². The predicted octanol–water partition coefficient (Wildman–Crippen LogP) is 4.53. The Labute approximate surface area is 248 Å². The van der Waals surface area contributed by atoms with Gasteiger partial charge in [0.25, 0.3) is 11.8 Å². The van der Waals surface area contributed by atoms with Gasteiger partial charge in [0.2, 0.25) is 5.91 Å². The van der Waals surface area contributed by atoms with E-state index in [-0.39, 0.29) is 36.3 Å². The second kappa shape index (κ2) is 13.1. The maximum Gasteiger partial charge on any atom is 0.254 e. The number of likely N-dealkylation sites (tertiary alicyclic amines) is 2. The van der Waals surface area contributed by atoms with E-state index in [4.69, 9.17) is 0 Å². The number of halogens is 1. The van der Waals surface area contributed by atoms with Crippen molar-refractivity contribution in [1.29, 1.82) is 0 Å². The van der Waals surface area contributed by atoms with Crippen molar-refractivity contribution in [3.63, 3.8) is 0 Å². The van der Waals surface area contributed by atoms with Crippen LogP contribution in [0.4, 0.5) is 0 Å². The highest BCUT2D eigenvalue weighted by Crippen LogP contribution is 2.32. The third kappa shape index (κ3) is 6.51. The summed E-state index contributed by atoms with van der Waals surface area (Å²) in [6.07, 6.45) is 0.651. The smallest absolute Gasteiger partial charge is 0.254 e. The summed E-state index contributed by atoms with van der Waals surface area (Å²) in [5.74, 6) is -1.12. The van der Waals surface area contributed by atoms with Crippen LogP contribution in [-0.4, -0.2) is 69.6 Å². The number of amides is 3. The average Bonchev–Trinajstić information content (AvgIpc) is 3.57. The van der Waals surface area contributed by atoms with Crippen molar-refractivity contribution in [3.8, 4) is 5.75 Å². The molecule has 214 valence electrons. The Morgan fingerprint density at radius 1 is 0.976 bits per heavy atom. The van der Waals surface area contributed by atoms with Crippen LogP contribution >= 0.6 is 15.9 Å². The zero-order valence-electron chi connectivity index (χ0n) is 23.3. The molecule has 2 aliphatic rings. The molecule has 0 bridgehead atoms. The van der Waals surface area contributed by atoms with E-state index in [1.54, 1.807) is 53.4 Å². The summed E-state index contributed by atoms with van der Waals surface area (Å²) >= 11 is 3.45. The van der Waals surface area contributed by atoms with Crippen molar-refractivity contribution >= 4 is 39.4 Å². The highest BCUT2D eigenvalue weighted by atomic mass is 79.9. The van der Waals surface area contributed by atoms with Crippen molar-refractivity contribution in [1.82, 2.24) is 15.1 Å². The molecule has 0 aromatic heterocycles. The van der Waals surface area contributed by atoms with Crippen LogP contribution in [-0.2, 0) is 16.0 Å². The van der Waals surface area contributed by atoms with E-state index in [1.807, 2.05) is 32.9 Å². The Morgan fingerprint density at radius 3 is 2.32 bits per heavy atom. The molecular weight excluding hydrogens is 586 g/mol. The third-order valence-electron chi connectivity index (χ3n) is 7.40. The molecule has 2 fully saturated rings. The predicted molar refractivity (Wildman–Crippen MR) is 160 cm³/mol. The lowest BCUT2D eigenvalue weighted by atomic mass is 10.0. The zero-order chi connectivity index (χ0) is 29.7. The first-order chi connectivity index (χ1) is 19.7. The fourth-order valence-electron chi connectivity index (χ4n) is 5.33. The van der Waals surface area contributed by atoms with Gasteiger partial charge in [-0.15, -0.1) is 0 Å². The van der Waals surface area contributed by atoms with E-state index in [1.165, 1.54) is 17.0 Å². The summed E-state index contributed by atoms with van der Waals surface area (Å²) in [6, 6.07) is 18.3. The minimum Gasteiger partial charge on any atom is -0.508 e. The van der Waals surface area contributed by atoms with Gasteiger partial charge in [0.1, 0.15) is 17.8 Å². The largest absolute Gasteiger partial charge is 0.508 e. The van der Waals surface area contributed by atoms with E-state index in [0.29, 0.717) is 24.1 Å². The SMILES string of the molecule is CC.Cc1ccc(C(=O)N[C@@H](Cc2ccc(O)cc2)C(=O)N2CC[C@@H]3C2C(=O)CN3C(=O)c2ccccc2)cc1Br. The summed E-state index contributed by atoms with van der Waals surface area (Å²) in [7, 11) is 0. The van der Waals surface area contributed by atoms with Gasteiger partial charge >= 0.3 is 0 Å². The topological polar surface area (TPSA) is 107 Å². The molecule has 3 aromatic rings. The Bertz CT molecular complexity index is 1430. The maximum atomic E-state index is 13.9. The van der Waals surface area contributed by atoms with Gasteiger partial charge in [-0.1, -0.05) is 66.2 Å². The second-order valence-corrected chi connectivity index (χ2v) is 10.8. The van der Waals surface area contributed by atoms with E-state index >= 15 is 0 Å². The molecule has 9 heteroatoms. The van der Waals surface area contributed by atoms with Crippen LogP contribution in [0.1, 0.15) is 52.1 Å². The molecule has 2 aliphatic heterocycles. The van der Waals surface area contributed by atoms with Crippen LogP contribution in [0.3, 0.4) is 0 Å². The molecule has 3 amide bonds. The number of aromatic hydroxyl groups is 1. The van der Waals surface area contributed by atoms with Crippen LogP contribution in [0.25, 0.3) is 0 Å². The number of nitrogens with one attached hydrogen (secondary N) is 1. The molecule has 8 nitrogen and oxygen atoms in total. The molecular formula is C32H34BrN3O5. The summed E-state index contributed by atoms with van der Waals surface area (Å²) < 4.78 is 0.777. The molecule has 2 heterocycles. The van der Waals surface area contributed by atoms with Gasteiger partial charge < -0.3 is 20.2 Å². The molecule has 3 atom stereocenters. The van der Waals surface area contributed by atoms with Gasteiger partial charge in [-0.3, -0.25) is 19.2 Å². The number of ketones is 1. The van der Waals surface area contributed by atoms with E-state index in [0.717, 1.165) is 15.6 Å². The maximum absolute atomic E-state index is 13.9. The fraction of sp³-hybridized carbons (Fsp3) is 0.312. The number of phenols is 1. The molecule has 0 saturated carbocycles. The second-order valence-electron chi connectivity index (χ2n) is 9.96. The monoisotopic (exact) mass is 619 g/mol. The summed E-state index contributed by atoms with van der Waals surface area (Å²) in [5.41, 5.74) is 2.61. The Balaban J connectivity index is 0.00000189. The molecule has 5 rings (SSSR count). The van der Waals surface area contributed by atoms with Crippen molar-refractivity contribution in [2.75, 3.05) is 13.1 Å². The molecule has 2 saturated heterocycles. The highest BCUT2D eigenvalue weighted by Gasteiger charge is 2.52. The number of nitrogens with zero attached hydrogens (tertiary/aromatic N) is 2. The quantitative estimate of drug-likeness (QED) is 0.422. The number of fused-ring (bicyclic) bond motifs is 1. The normalized spacial score (nSPS) is 18.3. The molecule has 1 unspecified atom stereocenters. The number of carbonyl (C=O) groups is 4. The lowest BCUT2D eigenvalue weighted by Gasteiger charge is -2.28. The zero-order valence-corrected chi connectivity index (χ0v) is 24.9. The van der Waals surface area contributed by atoms with Gasteiger partial charge in [0.15, 0.2) is 5.78 Å². The highest BCUT2D eigenvalue weighted by molar-refractivity contribution is 9.10. The minimum absolute atomic E-state index is 0.0563. The first-order valence-electron chi connectivity index (χ1n) is 13.8. The Morgan fingerprint density at radius 2 is 1.66 bits per heavy atom. The Hall–Kier alpha value is -3.98. The van der Waals surface area contributed by atoms with Crippen molar-refractivity contribution in [2.24, 2.45) is 0 Å². The van der Waals surface area contributed by atoms with Crippen molar-refractivity contribution < 1.29 is 24.3 Å². The van der Waals surface area contributed by atoms with Crippen LogP contribution < -0.4 is 5.32 Å². The number of rotatable bonds is 6. The fourth-order valence-corrected chi connectivity index (χ4v) is 5.71. The van der Waals surface area contributed by atoms with E-state index in [9.17, 15) is 24.3 Å². The number of phenolic OH excluding ortho intramolecular Hbond substituents is 1. The Kier molecular flexibility index (Phi) is 9.60. The van der Waals surface area contributed by atoms with E-state index in [2.05, 4.69) is 21.2 Å². The summed E-state index contributed by atoms with van der Waals surface area (Å²) in [6.45, 7) is 6.16. The standard InChI is InChI=1S/C30H28BrN3O5.C2H6/c1-18-7-10-21(16-23(18)31)28(37)32-24(15-19-8-11-22(35)12-9-19)30(39)33-14-13-25-27(33)26(36)17-34(25)29(38)20-5-3-2-4-6-20;1-2/h2-12,16,24-25,27,35H,13-15,17H2,1H3,(H,32,37);1-2H3/t24-,25+,27?;/m0./s1. The van der Waals surface area contributed by atoms with Gasteiger partial charge in [-0.25, -0.2) is 0 Å².